The SMILES string of the molecule is C[C@@H]1O[C@@H](O[C@H]2C[C@](O)(C(=O)O)Cc3c(O)c4c(c(O)c32)C(=O)c2c(O)cccc2C4=O)C[C@H](N)[C@@H]1O. The minimum absolute atomic E-state index is 0.0147. The van der Waals surface area contributed by atoms with Crippen molar-refractivity contribution < 1.29 is 54.5 Å². The first kappa shape index (κ1) is 25.1. The van der Waals surface area contributed by atoms with Gasteiger partial charge in [0.05, 0.1) is 35.0 Å². The summed E-state index contributed by atoms with van der Waals surface area (Å²) >= 11 is 0. The molecule has 1 saturated heterocycles. The van der Waals surface area contributed by atoms with Crippen molar-refractivity contribution in [1.82, 2.24) is 0 Å². The topological polar surface area (TPSA) is 217 Å². The summed E-state index contributed by atoms with van der Waals surface area (Å²) in [5.74, 6) is -5.46. The van der Waals surface area contributed by atoms with Gasteiger partial charge in [-0.1, -0.05) is 12.1 Å². The Balaban J connectivity index is 1.68. The van der Waals surface area contributed by atoms with E-state index in [2.05, 4.69) is 0 Å². The van der Waals surface area contributed by atoms with Crippen molar-refractivity contribution in [3.8, 4) is 17.2 Å². The number of carbonyl (C=O) groups excluding carboxylic acids is 2. The van der Waals surface area contributed by atoms with E-state index >= 15 is 0 Å². The van der Waals surface area contributed by atoms with Crippen molar-refractivity contribution in [2.24, 2.45) is 5.73 Å². The highest BCUT2D eigenvalue weighted by Crippen LogP contribution is 2.52. The number of carboxylic acid groups (broad SMARTS) is 1. The van der Waals surface area contributed by atoms with Crippen LogP contribution in [0.15, 0.2) is 18.2 Å². The van der Waals surface area contributed by atoms with Crippen molar-refractivity contribution >= 4 is 17.5 Å². The van der Waals surface area contributed by atoms with Gasteiger partial charge >= 0.3 is 5.97 Å². The van der Waals surface area contributed by atoms with Crippen molar-refractivity contribution in [2.45, 2.75) is 62.4 Å². The molecule has 8 N–H and O–H groups in total. The van der Waals surface area contributed by atoms with Gasteiger partial charge in [-0.05, 0) is 13.0 Å². The molecule has 6 atom stereocenters. The predicted molar refractivity (Wildman–Crippen MR) is 122 cm³/mol. The summed E-state index contributed by atoms with van der Waals surface area (Å²) in [6.07, 6.45) is -5.57. The lowest BCUT2D eigenvalue weighted by atomic mass is 9.73. The molecule has 12 nitrogen and oxygen atoms in total. The number of benzene rings is 2. The quantitative estimate of drug-likeness (QED) is 0.233. The molecular weight excluding hydrogens is 490 g/mol. The van der Waals surface area contributed by atoms with Crippen LogP contribution in [0.2, 0.25) is 0 Å². The lowest BCUT2D eigenvalue weighted by molar-refractivity contribution is -0.248. The number of carboxylic acids is 1. The molecule has 1 fully saturated rings. The second-order valence-electron chi connectivity index (χ2n) is 9.70. The van der Waals surface area contributed by atoms with Crippen LogP contribution in [-0.4, -0.2) is 78.3 Å². The van der Waals surface area contributed by atoms with E-state index in [-0.39, 0.29) is 28.7 Å². The van der Waals surface area contributed by atoms with E-state index in [1.54, 1.807) is 6.92 Å². The second-order valence-corrected chi connectivity index (χ2v) is 9.70. The first-order chi connectivity index (χ1) is 17.4. The molecule has 2 aromatic carbocycles. The Bertz CT molecular complexity index is 1340. The maximum atomic E-state index is 13.4. The number of ketones is 2. The normalized spacial score (nSPS) is 30.9. The Morgan fingerprint density at radius 2 is 1.78 bits per heavy atom. The number of hydrogen-bond donors (Lipinski definition) is 7. The van der Waals surface area contributed by atoms with Gasteiger partial charge in [0, 0.05) is 42.0 Å². The summed E-state index contributed by atoms with van der Waals surface area (Å²) < 4.78 is 11.5. The summed E-state index contributed by atoms with van der Waals surface area (Å²) in [6, 6.07) is 3.05. The number of aliphatic hydroxyl groups excluding tert-OH is 1. The van der Waals surface area contributed by atoms with E-state index in [1.165, 1.54) is 18.2 Å². The number of aliphatic carboxylic acids is 1. The number of fused-ring (bicyclic) bond motifs is 3. The molecule has 1 aliphatic heterocycles. The highest BCUT2D eigenvalue weighted by Gasteiger charge is 2.50. The van der Waals surface area contributed by atoms with Crippen LogP contribution in [0.5, 0.6) is 17.2 Å². The Labute approximate surface area is 209 Å². The smallest absolute Gasteiger partial charge is 0.336 e. The molecule has 0 bridgehead atoms. The summed E-state index contributed by atoms with van der Waals surface area (Å²) in [4.78, 5) is 38.6. The van der Waals surface area contributed by atoms with Gasteiger partial charge in [-0.3, -0.25) is 9.59 Å². The van der Waals surface area contributed by atoms with E-state index in [1.807, 2.05) is 0 Å². The lowest BCUT2D eigenvalue weighted by Crippen LogP contribution is -2.52. The average molecular weight is 515 g/mol. The maximum Gasteiger partial charge on any atom is 0.336 e. The van der Waals surface area contributed by atoms with E-state index in [0.717, 1.165) is 0 Å². The molecule has 196 valence electrons. The largest absolute Gasteiger partial charge is 0.507 e. The summed E-state index contributed by atoms with van der Waals surface area (Å²) in [7, 11) is 0. The van der Waals surface area contributed by atoms with Crippen LogP contribution in [-0.2, 0) is 20.7 Å². The standard InChI is InChI=1S/C25H25NO11/c1-8-19(28)11(26)5-14(36-8)37-13-7-25(35,24(33)34)6-10-16(13)23(32)18-17(21(10)30)20(29)9-3-2-4-12(27)15(9)22(18)31/h2-4,8,11,13-14,19,27-28,30,32,35H,5-7,26H2,1H3,(H,33,34)/t8-,11-,13-,14-,19+,25-/m0/s1. The number of phenols is 3. The number of rotatable bonds is 3. The first-order valence-corrected chi connectivity index (χ1v) is 11.6. The van der Waals surface area contributed by atoms with E-state index in [4.69, 9.17) is 15.2 Å². The van der Waals surface area contributed by atoms with Gasteiger partial charge in [0.1, 0.15) is 17.2 Å². The highest BCUT2D eigenvalue weighted by molar-refractivity contribution is 6.31. The third-order valence-electron chi connectivity index (χ3n) is 7.34. The number of carbonyl (C=O) groups is 3. The molecular formula is C25H25NO11. The molecule has 0 unspecified atom stereocenters. The van der Waals surface area contributed by atoms with E-state index in [9.17, 15) is 45.0 Å². The second kappa shape index (κ2) is 8.50. The Morgan fingerprint density at radius 3 is 2.43 bits per heavy atom. The number of ether oxygens (including phenoxy) is 2. The van der Waals surface area contributed by atoms with Crippen molar-refractivity contribution in [3.05, 3.63) is 51.6 Å². The van der Waals surface area contributed by atoms with Crippen LogP contribution in [0.25, 0.3) is 0 Å². The van der Waals surface area contributed by atoms with Gasteiger partial charge < -0.3 is 45.8 Å². The molecule has 0 radical (unpaired) electrons. The van der Waals surface area contributed by atoms with Gasteiger partial charge in [0.25, 0.3) is 0 Å². The number of aliphatic hydroxyl groups is 2. The fourth-order valence-corrected chi connectivity index (χ4v) is 5.40. The maximum absolute atomic E-state index is 13.4. The molecule has 1 heterocycles. The summed E-state index contributed by atoms with van der Waals surface area (Å²) in [5.41, 5.74) is 1.31. The Hall–Kier alpha value is -3.55. The molecule has 37 heavy (non-hydrogen) atoms. The van der Waals surface area contributed by atoms with Gasteiger partial charge in [0.15, 0.2) is 17.7 Å². The number of hydrogen-bond acceptors (Lipinski definition) is 11. The molecule has 2 aromatic rings. The van der Waals surface area contributed by atoms with Crippen molar-refractivity contribution in [2.75, 3.05) is 0 Å². The van der Waals surface area contributed by atoms with E-state index in [0.29, 0.717) is 0 Å². The Morgan fingerprint density at radius 1 is 1.11 bits per heavy atom. The van der Waals surface area contributed by atoms with Crippen LogP contribution >= 0.6 is 0 Å². The molecule has 2 aliphatic carbocycles. The zero-order chi connectivity index (χ0) is 27.0. The van der Waals surface area contributed by atoms with Gasteiger partial charge in [-0.2, -0.15) is 0 Å². The lowest BCUT2D eigenvalue weighted by Gasteiger charge is -2.41. The molecule has 0 saturated carbocycles. The van der Waals surface area contributed by atoms with Gasteiger partial charge in [0.2, 0.25) is 5.78 Å². The molecule has 0 amide bonds. The fraction of sp³-hybridized carbons (Fsp3) is 0.400. The predicted octanol–water partition coefficient (Wildman–Crippen LogP) is 0.221. The molecule has 3 aliphatic rings. The first-order valence-electron chi connectivity index (χ1n) is 11.6. The minimum Gasteiger partial charge on any atom is -0.507 e. The number of phenolic OH excluding ortho intramolecular Hbond substituents is 3. The summed E-state index contributed by atoms with van der Waals surface area (Å²) in [6.45, 7) is 1.55. The summed E-state index contributed by atoms with van der Waals surface area (Å²) in [5, 5.41) is 63.4. The van der Waals surface area contributed by atoms with Crippen LogP contribution in [0.3, 0.4) is 0 Å². The minimum atomic E-state index is -2.46. The molecule has 12 heteroatoms. The third kappa shape index (κ3) is 3.68. The molecule has 0 aromatic heterocycles. The van der Waals surface area contributed by atoms with Gasteiger partial charge in [-0.25, -0.2) is 4.79 Å². The van der Waals surface area contributed by atoms with Crippen LogP contribution < -0.4 is 5.73 Å². The van der Waals surface area contributed by atoms with Crippen molar-refractivity contribution in [1.29, 1.82) is 0 Å². The Kier molecular flexibility index (Phi) is 5.77. The average Bonchev–Trinajstić information content (AvgIpc) is 2.82. The molecule has 5 rings (SSSR count). The third-order valence-corrected chi connectivity index (χ3v) is 7.34. The van der Waals surface area contributed by atoms with Crippen LogP contribution in [0.4, 0.5) is 0 Å². The highest BCUT2D eigenvalue weighted by atomic mass is 16.7. The monoisotopic (exact) mass is 515 g/mol. The fourth-order valence-electron chi connectivity index (χ4n) is 5.40. The van der Waals surface area contributed by atoms with Crippen LogP contribution in [0, 0.1) is 0 Å². The van der Waals surface area contributed by atoms with Crippen molar-refractivity contribution in [3.63, 3.8) is 0 Å². The van der Waals surface area contributed by atoms with E-state index < -0.39 is 95.0 Å². The number of aromatic hydroxyl groups is 3. The van der Waals surface area contributed by atoms with Gasteiger partial charge in [-0.15, -0.1) is 0 Å². The zero-order valence-electron chi connectivity index (χ0n) is 19.5. The zero-order valence-corrected chi connectivity index (χ0v) is 19.5. The number of nitrogens with two attached hydrogens (primary N) is 1. The van der Waals surface area contributed by atoms with Crippen LogP contribution in [0.1, 0.15) is 68.8 Å². The molecule has 0 spiro atoms.